The molecule has 0 radical (unpaired) electrons. The Morgan fingerprint density at radius 3 is 2.48 bits per heavy atom. The first kappa shape index (κ1) is 15.7. The van der Waals surface area contributed by atoms with Crippen molar-refractivity contribution in [1.29, 1.82) is 0 Å². The van der Waals surface area contributed by atoms with E-state index in [-0.39, 0.29) is 11.9 Å². The molecule has 3 N–H and O–H groups in total. The number of hydrogen-bond donors (Lipinski definition) is 2. The summed E-state index contributed by atoms with van der Waals surface area (Å²) in [6.45, 7) is 3.67. The Kier molecular flexibility index (Phi) is 4.80. The van der Waals surface area contributed by atoms with Gasteiger partial charge in [-0.3, -0.25) is 4.79 Å². The van der Waals surface area contributed by atoms with E-state index in [4.69, 9.17) is 5.73 Å². The predicted molar refractivity (Wildman–Crippen MR) is 88.7 cm³/mol. The molecule has 0 aliphatic carbocycles. The Balaban J connectivity index is 2.14. The van der Waals surface area contributed by atoms with Crippen molar-refractivity contribution in [2.24, 2.45) is 5.73 Å². The molecule has 0 saturated carbocycles. The highest BCUT2D eigenvalue weighted by Crippen LogP contribution is 2.21. The van der Waals surface area contributed by atoms with E-state index < -0.39 is 5.54 Å². The molecular weight excluding hydrogens is 328 g/mol. The van der Waals surface area contributed by atoms with Crippen molar-refractivity contribution in [3.8, 4) is 0 Å². The highest BCUT2D eigenvalue weighted by Gasteiger charge is 2.31. The van der Waals surface area contributed by atoms with E-state index in [0.29, 0.717) is 0 Å². The Bertz CT molecular complexity index is 626. The van der Waals surface area contributed by atoms with Crippen LogP contribution in [0.15, 0.2) is 59.1 Å². The minimum Gasteiger partial charge on any atom is -0.348 e. The van der Waals surface area contributed by atoms with Gasteiger partial charge >= 0.3 is 0 Å². The predicted octanol–water partition coefficient (Wildman–Crippen LogP) is 3.50. The fourth-order valence-electron chi connectivity index (χ4n) is 2.12. The van der Waals surface area contributed by atoms with Crippen LogP contribution in [0.5, 0.6) is 0 Å². The van der Waals surface area contributed by atoms with E-state index in [2.05, 4.69) is 21.2 Å². The summed E-state index contributed by atoms with van der Waals surface area (Å²) in [5.74, 6) is -0.193. The van der Waals surface area contributed by atoms with Gasteiger partial charge in [0.15, 0.2) is 0 Å². The highest BCUT2D eigenvalue weighted by atomic mass is 79.9. The van der Waals surface area contributed by atoms with Crippen LogP contribution >= 0.6 is 15.9 Å². The number of amides is 1. The lowest BCUT2D eigenvalue weighted by Gasteiger charge is -2.26. The van der Waals surface area contributed by atoms with Gasteiger partial charge in [-0.15, -0.1) is 0 Å². The summed E-state index contributed by atoms with van der Waals surface area (Å²) < 4.78 is 0.986. The van der Waals surface area contributed by atoms with Gasteiger partial charge in [0.2, 0.25) is 5.91 Å². The van der Waals surface area contributed by atoms with Crippen molar-refractivity contribution in [1.82, 2.24) is 5.32 Å². The molecule has 0 aliphatic rings. The summed E-state index contributed by atoms with van der Waals surface area (Å²) in [5, 5.41) is 2.98. The largest absolute Gasteiger partial charge is 0.348 e. The van der Waals surface area contributed by atoms with Crippen LogP contribution in [-0.4, -0.2) is 5.91 Å². The van der Waals surface area contributed by atoms with Gasteiger partial charge in [0.25, 0.3) is 0 Å². The summed E-state index contributed by atoms with van der Waals surface area (Å²) in [4.78, 5) is 12.5. The summed E-state index contributed by atoms with van der Waals surface area (Å²) in [7, 11) is 0. The van der Waals surface area contributed by atoms with Crippen LogP contribution in [0.3, 0.4) is 0 Å². The van der Waals surface area contributed by atoms with Gasteiger partial charge in [-0.1, -0.05) is 58.4 Å². The average molecular weight is 347 g/mol. The summed E-state index contributed by atoms with van der Waals surface area (Å²) in [5.41, 5.74) is 6.99. The minimum atomic E-state index is -1.05. The number of rotatable bonds is 4. The zero-order valence-corrected chi connectivity index (χ0v) is 13.7. The van der Waals surface area contributed by atoms with E-state index >= 15 is 0 Å². The first-order valence-electron chi connectivity index (χ1n) is 6.82. The second kappa shape index (κ2) is 6.41. The zero-order chi connectivity index (χ0) is 15.5. The Morgan fingerprint density at radius 2 is 1.86 bits per heavy atom. The number of carbonyl (C=O) groups excluding carboxylic acids is 1. The van der Waals surface area contributed by atoms with Gasteiger partial charge in [0, 0.05) is 4.47 Å². The van der Waals surface area contributed by atoms with Crippen molar-refractivity contribution in [3.63, 3.8) is 0 Å². The summed E-state index contributed by atoms with van der Waals surface area (Å²) in [6.07, 6.45) is 0. The average Bonchev–Trinajstić information content (AvgIpc) is 2.48. The molecule has 2 atom stereocenters. The van der Waals surface area contributed by atoms with Crippen molar-refractivity contribution < 1.29 is 4.79 Å². The van der Waals surface area contributed by atoms with Crippen molar-refractivity contribution in [3.05, 3.63) is 70.2 Å². The van der Waals surface area contributed by atoms with Crippen LogP contribution in [0.25, 0.3) is 0 Å². The van der Waals surface area contributed by atoms with Gasteiger partial charge in [-0.05, 0) is 37.1 Å². The fraction of sp³-hybridized carbons (Fsp3) is 0.235. The van der Waals surface area contributed by atoms with Gasteiger partial charge in [0.1, 0.15) is 5.54 Å². The monoisotopic (exact) mass is 346 g/mol. The van der Waals surface area contributed by atoms with Crippen LogP contribution in [0.2, 0.25) is 0 Å². The molecular formula is C17H19BrN2O. The molecule has 4 heteroatoms. The molecule has 0 spiro atoms. The molecule has 3 nitrogen and oxygen atoms in total. The van der Waals surface area contributed by atoms with E-state index in [9.17, 15) is 4.79 Å². The van der Waals surface area contributed by atoms with Crippen LogP contribution in [0, 0.1) is 0 Å². The van der Waals surface area contributed by atoms with Crippen molar-refractivity contribution >= 4 is 21.8 Å². The molecule has 0 saturated heterocycles. The third-order valence-corrected chi connectivity index (χ3v) is 4.03. The van der Waals surface area contributed by atoms with E-state index in [0.717, 1.165) is 15.6 Å². The normalized spacial score (nSPS) is 15.0. The van der Waals surface area contributed by atoms with E-state index in [1.807, 2.05) is 61.5 Å². The maximum atomic E-state index is 12.5. The standard InChI is InChI=1S/C17H19BrN2O/c1-12(13-7-6-10-15(18)11-13)20-16(21)17(2,19)14-8-4-3-5-9-14/h3-12H,19H2,1-2H3,(H,20,21)/t12-,17?/m0/s1. The second-order valence-electron chi connectivity index (χ2n) is 5.32. The Labute approximate surface area is 133 Å². The summed E-state index contributed by atoms with van der Waals surface area (Å²) >= 11 is 3.44. The number of hydrogen-bond acceptors (Lipinski definition) is 2. The lowest BCUT2D eigenvalue weighted by molar-refractivity contribution is -0.126. The lowest BCUT2D eigenvalue weighted by Crippen LogP contribution is -2.49. The molecule has 2 aromatic carbocycles. The number of halogens is 1. The Hall–Kier alpha value is -1.65. The Morgan fingerprint density at radius 1 is 1.19 bits per heavy atom. The van der Waals surface area contributed by atoms with E-state index in [1.54, 1.807) is 6.92 Å². The van der Waals surface area contributed by atoms with E-state index in [1.165, 1.54) is 0 Å². The molecule has 0 bridgehead atoms. The maximum absolute atomic E-state index is 12.5. The lowest BCUT2D eigenvalue weighted by atomic mass is 9.91. The first-order valence-corrected chi connectivity index (χ1v) is 7.61. The van der Waals surface area contributed by atoms with Crippen LogP contribution < -0.4 is 11.1 Å². The molecule has 1 unspecified atom stereocenters. The smallest absolute Gasteiger partial charge is 0.244 e. The van der Waals surface area contributed by atoms with Gasteiger partial charge in [-0.2, -0.15) is 0 Å². The molecule has 2 aromatic rings. The van der Waals surface area contributed by atoms with Crippen molar-refractivity contribution in [2.75, 3.05) is 0 Å². The maximum Gasteiger partial charge on any atom is 0.244 e. The highest BCUT2D eigenvalue weighted by molar-refractivity contribution is 9.10. The molecule has 0 heterocycles. The minimum absolute atomic E-state index is 0.110. The number of carbonyl (C=O) groups is 1. The first-order chi connectivity index (χ1) is 9.91. The van der Waals surface area contributed by atoms with Gasteiger partial charge in [0.05, 0.1) is 6.04 Å². The van der Waals surface area contributed by atoms with Crippen LogP contribution in [-0.2, 0) is 10.3 Å². The third kappa shape index (κ3) is 3.71. The molecule has 110 valence electrons. The molecule has 0 fully saturated rings. The number of nitrogens with two attached hydrogens (primary N) is 1. The fourth-order valence-corrected chi connectivity index (χ4v) is 2.54. The quantitative estimate of drug-likeness (QED) is 0.889. The SMILES string of the molecule is C[C@H](NC(=O)C(C)(N)c1ccccc1)c1cccc(Br)c1. The molecule has 0 aromatic heterocycles. The van der Waals surface area contributed by atoms with Gasteiger partial charge in [-0.25, -0.2) is 0 Å². The molecule has 0 aliphatic heterocycles. The molecule has 21 heavy (non-hydrogen) atoms. The van der Waals surface area contributed by atoms with Crippen LogP contribution in [0.4, 0.5) is 0 Å². The topological polar surface area (TPSA) is 55.1 Å². The number of benzene rings is 2. The van der Waals surface area contributed by atoms with Crippen LogP contribution in [0.1, 0.15) is 31.0 Å². The second-order valence-corrected chi connectivity index (χ2v) is 6.23. The number of nitrogens with one attached hydrogen (secondary N) is 1. The van der Waals surface area contributed by atoms with Crippen molar-refractivity contribution in [2.45, 2.75) is 25.4 Å². The zero-order valence-electron chi connectivity index (χ0n) is 12.1. The summed E-state index contributed by atoms with van der Waals surface area (Å²) in [6, 6.07) is 17.1. The van der Waals surface area contributed by atoms with Gasteiger partial charge < -0.3 is 11.1 Å². The molecule has 2 rings (SSSR count). The third-order valence-electron chi connectivity index (χ3n) is 3.54. The molecule has 1 amide bonds.